The van der Waals surface area contributed by atoms with Gasteiger partial charge in [0.25, 0.3) is 0 Å². The monoisotopic (exact) mass is 354 g/mol. The van der Waals surface area contributed by atoms with Crippen LogP contribution in [-0.2, 0) is 16.0 Å². The maximum atomic E-state index is 12.3. The zero-order chi connectivity index (χ0) is 15.1. The van der Waals surface area contributed by atoms with Crippen molar-refractivity contribution >= 4 is 21.8 Å². The summed E-state index contributed by atoms with van der Waals surface area (Å²) in [5, 5.41) is 0. The van der Waals surface area contributed by atoms with Crippen molar-refractivity contribution in [2.45, 2.75) is 31.8 Å². The first-order valence-corrected chi connectivity index (χ1v) is 8.32. The summed E-state index contributed by atoms with van der Waals surface area (Å²) in [5.41, 5.74) is 6.51. The van der Waals surface area contributed by atoms with E-state index in [1.54, 1.807) is 0 Å². The molecule has 1 fully saturated rings. The quantitative estimate of drug-likeness (QED) is 0.797. The van der Waals surface area contributed by atoms with E-state index in [0.29, 0.717) is 13.0 Å². The Morgan fingerprint density at radius 1 is 1.29 bits per heavy atom. The fourth-order valence-electron chi connectivity index (χ4n) is 2.49. The molecule has 2 rings (SSSR count). The van der Waals surface area contributed by atoms with Crippen molar-refractivity contribution in [1.82, 2.24) is 4.90 Å². The Kier molecular flexibility index (Phi) is 6.67. The lowest BCUT2D eigenvalue weighted by atomic mass is 10.1. The molecule has 116 valence electrons. The SMILES string of the molecule is NCCCOC1CCN(C(=O)Cc2ccc(Br)cc2)CC1. The summed E-state index contributed by atoms with van der Waals surface area (Å²) in [5.74, 6) is 0.206. The Labute approximate surface area is 134 Å². The molecule has 0 aliphatic carbocycles. The third kappa shape index (κ3) is 5.41. The van der Waals surface area contributed by atoms with Crippen LogP contribution in [-0.4, -0.2) is 43.2 Å². The van der Waals surface area contributed by atoms with E-state index in [2.05, 4.69) is 15.9 Å². The van der Waals surface area contributed by atoms with Crippen LogP contribution in [0.4, 0.5) is 0 Å². The van der Waals surface area contributed by atoms with Crippen molar-refractivity contribution in [2.24, 2.45) is 5.73 Å². The summed E-state index contributed by atoms with van der Waals surface area (Å²) in [7, 11) is 0. The summed E-state index contributed by atoms with van der Waals surface area (Å²) < 4.78 is 6.80. The van der Waals surface area contributed by atoms with Gasteiger partial charge in [-0.3, -0.25) is 4.79 Å². The van der Waals surface area contributed by atoms with E-state index in [0.717, 1.165) is 49.0 Å². The van der Waals surface area contributed by atoms with Gasteiger partial charge in [0.15, 0.2) is 0 Å². The van der Waals surface area contributed by atoms with Crippen LogP contribution in [0.25, 0.3) is 0 Å². The summed E-state index contributed by atoms with van der Waals surface area (Å²) in [6.07, 6.45) is 3.52. The lowest BCUT2D eigenvalue weighted by Crippen LogP contribution is -2.41. The van der Waals surface area contributed by atoms with Gasteiger partial charge in [-0.1, -0.05) is 28.1 Å². The number of amides is 1. The van der Waals surface area contributed by atoms with Crippen molar-refractivity contribution in [3.8, 4) is 0 Å². The van der Waals surface area contributed by atoms with Crippen molar-refractivity contribution in [2.75, 3.05) is 26.2 Å². The molecule has 4 nitrogen and oxygen atoms in total. The minimum atomic E-state index is 0.206. The molecular formula is C16H23BrN2O2. The number of ether oxygens (including phenoxy) is 1. The molecular weight excluding hydrogens is 332 g/mol. The number of hydrogen-bond acceptors (Lipinski definition) is 3. The van der Waals surface area contributed by atoms with Crippen molar-refractivity contribution < 1.29 is 9.53 Å². The second-order valence-corrected chi connectivity index (χ2v) is 6.31. The van der Waals surface area contributed by atoms with Crippen molar-refractivity contribution in [3.63, 3.8) is 0 Å². The second kappa shape index (κ2) is 8.51. The molecule has 5 heteroatoms. The number of nitrogens with zero attached hydrogens (tertiary/aromatic N) is 1. The molecule has 1 aromatic carbocycles. The van der Waals surface area contributed by atoms with Gasteiger partial charge >= 0.3 is 0 Å². The van der Waals surface area contributed by atoms with Gasteiger partial charge in [-0.05, 0) is 43.5 Å². The van der Waals surface area contributed by atoms with Crippen LogP contribution < -0.4 is 5.73 Å². The van der Waals surface area contributed by atoms with E-state index in [1.807, 2.05) is 29.2 Å². The maximum absolute atomic E-state index is 12.3. The standard InChI is InChI=1S/C16H23BrN2O2/c17-14-4-2-13(3-5-14)12-16(20)19-9-6-15(7-10-19)21-11-1-8-18/h2-5,15H,1,6-12,18H2. The topological polar surface area (TPSA) is 55.6 Å². The van der Waals surface area contributed by atoms with Gasteiger partial charge in [0.1, 0.15) is 0 Å². The van der Waals surface area contributed by atoms with Gasteiger partial charge < -0.3 is 15.4 Å². The number of hydrogen-bond donors (Lipinski definition) is 1. The van der Waals surface area contributed by atoms with Gasteiger partial charge in [0.2, 0.25) is 5.91 Å². The molecule has 0 radical (unpaired) electrons. The molecule has 21 heavy (non-hydrogen) atoms. The summed E-state index contributed by atoms with van der Waals surface area (Å²) in [4.78, 5) is 14.2. The molecule has 2 N–H and O–H groups in total. The Balaban J connectivity index is 1.74. The number of carbonyl (C=O) groups excluding carboxylic acids is 1. The molecule has 0 aromatic heterocycles. The van der Waals surface area contributed by atoms with Gasteiger partial charge in [-0.15, -0.1) is 0 Å². The Morgan fingerprint density at radius 3 is 2.57 bits per heavy atom. The number of rotatable bonds is 6. The van der Waals surface area contributed by atoms with Gasteiger partial charge in [0.05, 0.1) is 12.5 Å². The van der Waals surface area contributed by atoms with Crippen LogP contribution in [0, 0.1) is 0 Å². The van der Waals surface area contributed by atoms with Gasteiger partial charge in [-0.25, -0.2) is 0 Å². The molecule has 1 aromatic rings. The van der Waals surface area contributed by atoms with Crippen molar-refractivity contribution in [1.29, 1.82) is 0 Å². The normalized spacial score (nSPS) is 16.2. The summed E-state index contributed by atoms with van der Waals surface area (Å²) in [6.45, 7) is 2.99. The third-order valence-corrected chi connectivity index (χ3v) is 4.29. The molecule has 1 aliphatic rings. The molecule has 0 bridgehead atoms. The third-order valence-electron chi connectivity index (χ3n) is 3.77. The first-order valence-electron chi connectivity index (χ1n) is 7.53. The lowest BCUT2D eigenvalue weighted by molar-refractivity contribution is -0.133. The average Bonchev–Trinajstić information content (AvgIpc) is 2.50. The zero-order valence-electron chi connectivity index (χ0n) is 12.3. The van der Waals surface area contributed by atoms with Gasteiger partial charge in [0, 0.05) is 24.2 Å². The molecule has 0 spiro atoms. The smallest absolute Gasteiger partial charge is 0.226 e. The predicted molar refractivity (Wildman–Crippen MR) is 87.1 cm³/mol. The number of piperidine rings is 1. The largest absolute Gasteiger partial charge is 0.378 e. The molecule has 1 amide bonds. The number of carbonyl (C=O) groups is 1. The zero-order valence-corrected chi connectivity index (χ0v) is 13.8. The maximum Gasteiger partial charge on any atom is 0.226 e. The van der Waals surface area contributed by atoms with Crippen molar-refractivity contribution in [3.05, 3.63) is 34.3 Å². The highest BCUT2D eigenvalue weighted by Gasteiger charge is 2.23. The Hall–Kier alpha value is -0.910. The fourth-order valence-corrected chi connectivity index (χ4v) is 2.76. The first-order chi connectivity index (χ1) is 10.2. The van der Waals surface area contributed by atoms with E-state index in [1.165, 1.54) is 0 Å². The predicted octanol–water partition coefficient (Wildman–Crippen LogP) is 2.35. The van der Waals surface area contributed by atoms with Crippen LogP contribution in [0.1, 0.15) is 24.8 Å². The molecule has 0 saturated carbocycles. The number of likely N-dealkylation sites (tertiary alicyclic amines) is 1. The molecule has 1 saturated heterocycles. The van der Waals surface area contributed by atoms with Gasteiger partial charge in [-0.2, -0.15) is 0 Å². The minimum Gasteiger partial charge on any atom is -0.378 e. The summed E-state index contributed by atoms with van der Waals surface area (Å²) >= 11 is 3.40. The second-order valence-electron chi connectivity index (χ2n) is 5.40. The number of nitrogens with two attached hydrogens (primary N) is 1. The summed E-state index contributed by atoms with van der Waals surface area (Å²) in [6, 6.07) is 7.93. The van der Waals surface area contributed by atoms with Crippen LogP contribution >= 0.6 is 15.9 Å². The molecule has 0 unspecified atom stereocenters. The Bertz CT molecular complexity index is 442. The van der Waals surface area contributed by atoms with E-state index >= 15 is 0 Å². The van der Waals surface area contributed by atoms with E-state index in [4.69, 9.17) is 10.5 Å². The molecule has 0 atom stereocenters. The van der Waals surface area contributed by atoms with Crippen LogP contribution in [0.2, 0.25) is 0 Å². The minimum absolute atomic E-state index is 0.206. The highest BCUT2D eigenvalue weighted by molar-refractivity contribution is 9.10. The van der Waals surface area contributed by atoms with E-state index in [9.17, 15) is 4.79 Å². The highest BCUT2D eigenvalue weighted by atomic mass is 79.9. The fraction of sp³-hybridized carbons (Fsp3) is 0.562. The number of halogens is 1. The highest BCUT2D eigenvalue weighted by Crippen LogP contribution is 2.16. The number of benzene rings is 1. The lowest BCUT2D eigenvalue weighted by Gasteiger charge is -2.32. The van der Waals surface area contributed by atoms with Crippen LogP contribution in [0.15, 0.2) is 28.7 Å². The van der Waals surface area contributed by atoms with E-state index in [-0.39, 0.29) is 12.0 Å². The Morgan fingerprint density at radius 2 is 1.95 bits per heavy atom. The van der Waals surface area contributed by atoms with E-state index < -0.39 is 0 Å². The molecule has 1 aliphatic heterocycles. The van der Waals surface area contributed by atoms with Crippen LogP contribution in [0.5, 0.6) is 0 Å². The molecule has 1 heterocycles. The van der Waals surface area contributed by atoms with Crippen LogP contribution in [0.3, 0.4) is 0 Å². The average molecular weight is 355 g/mol. The first kappa shape index (κ1) is 16.5.